The first-order valence-corrected chi connectivity index (χ1v) is 6.74. The fourth-order valence-corrected chi connectivity index (χ4v) is 3.08. The lowest BCUT2D eigenvalue weighted by Crippen LogP contribution is -2.32. The molecule has 1 saturated carbocycles. The van der Waals surface area contributed by atoms with E-state index in [0.29, 0.717) is 16.0 Å². The Morgan fingerprint density at radius 1 is 1.22 bits per heavy atom. The van der Waals surface area contributed by atoms with Gasteiger partial charge >= 0.3 is 0 Å². The molecule has 0 aromatic heterocycles. The molecule has 0 bridgehead atoms. The van der Waals surface area contributed by atoms with E-state index in [0.717, 1.165) is 18.4 Å². The highest BCUT2D eigenvalue weighted by atomic mass is 35.5. The van der Waals surface area contributed by atoms with Crippen LogP contribution < -0.4 is 5.73 Å². The lowest BCUT2D eigenvalue weighted by molar-refractivity contribution is 0.0845. The predicted molar refractivity (Wildman–Crippen MR) is 78.6 cm³/mol. The molecule has 2 rings (SSSR count). The van der Waals surface area contributed by atoms with E-state index in [9.17, 15) is 5.11 Å². The Bertz CT molecular complexity index is 394. The van der Waals surface area contributed by atoms with Crippen LogP contribution in [-0.4, -0.2) is 11.2 Å². The number of halogens is 3. The Balaban J connectivity index is 0.00000162. The number of nitrogens with two attached hydrogens (primary N) is 1. The zero-order chi connectivity index (χ0) is 12.4. The van der Waals surface area contributed by atoms with Crippen molar-refractivity contribution in [2.24, 2.45) is 11.7 Å². The van der Waals surface area contributed by atoms with Crippen molar-refractivity contribution in [1.29, 1.82) is 0 Å². The van der Waals surface area contributed by atoms with Gasteiger partial charge in [-0.25, -0.2) is 0 Å². The molecule has 102 valence electrons. The first-order valence-electron chi connectivity index (χ1n) is 5.98. The number of aliphatic hydroxyl groups excluding tert-OH is 1. The second-order valence-electron chi connectivity index (χ2n) is 4.73. The minimum Gasteiger partial charge on any atom is -0.391 e. The maximum absolute atomic E-state index is 10.2. The molecule has 1 aliphatic carbocycles. The van der Waals surface area contributed by atoms with Gasteiger partial charge in [0.05, 0.1) is 12.1 Å². The third kappa shape index (κ3) is 3.52. The van der Waals surface area contributed by atoms with Crippen molar-refractivity contribution in [2.75, 3.05) is 0 Å². The van der Waals surface area contributed by atoms with Gasteiger partial charge in [-0.3, -0.25) is 0 Å². The Labute approximate surface area is 124 Å². The molecular weight excluding hydrogens is 293 g/mol. The topological polar surface area (TPSA) is 46.2 Å². The molecule has 5 heteroatoms. The minimum absolute atomic E-state index is 0. The van der Waals surface area contributed by atoms with E-state index in [-0.39, 0.29) is 12.4 Å². The van der Waals surface area contributed by atoms with Gasteiger partial charge in [0.1, 0.15) is 0 Å². The molecule has 0 unspecified atom stereocenters. The molecule has 1 aliphatic rings. The molecule has 18 heavy (non-hydrogen) atoms. The van der Waals surface area contributed by atoms with Crippen LogP contribution in [0.3, 0.4) is 0 Å². The van der Waals surface area contributed by atoms with E-state index in [2.05, 4.69) is 0 Å². The van der Waals surface area contributed by atoms with Crippen LogP contribution in [-0.2, 0) is 0 Å². The zero-order valence-electron chi connectivity index (χ0n) is 9.98. The standard InChI is InChI=1S/C13H17Cl2NO.ClH/c14-9-5-6-10(11(15)7-9)12(16)13(17)8-3-1-2-4-8;/h5-8,12-13,17H,1-4,16H2;1H/t12-,13+;/m0./s1. The van der Waals surface area contributed by atoms with Gasteiger partial charge in [0.15, 0.2) is 0 Å². The Morgan fingerprint density at radius 3 is 2.39 bits per heavy atom. The van der Waals surface area contributed by atoms with Gasteiger partial charge in [0, 0.05) is 10.0 Å². The highest BCUT2D eigenvalue weighted by Gasteiger charge is 2.29. The second kappa shape index (κ2) is 6.97. The lowest BCUT2D eigenvalue weighted by atomic mass is 9.91. The smallest absolute Gasteiger partial charge is 0.0761 e. The monoisotopic (exact) mass is 309 g/mol. The van der Waals surface area contributed by atoms with E-state index in [1.807, 2.05) is 0 Å². The molecule has 0 spiro atoms. The Kier molecular flexibility index (Phi) is 6.22. The SMILES string of the molecule is Cl.N[C@@H](c1ccc(Cl)cc1Cl)[C@H](O)C1CCCC1. The average molecular weight is 311 g/mol. The van der Waals surface area contributed by atoms with Crippen LogP contribution in [0.15, 0.2) is 18.2 Å². The van der Waals surface area contributed by atoms with Crippen molar-refractivity contribution in [2.45, 2.75) is 37.8 Å². The molecule has 2 nitrogen and oxygen atoms in total. The summed E-state index contributed by atoms with van der Waals surface area (Å²) < 4.78 is 0. The summed E-state index contributed by atoms with van der Waals surface area (Å²) in [7, 11) is 0. The number of hydrogen-bond acceptors (Lipinski definition) is 2. The van der Waals surface area contributed by atoms with E-state index in [1.165, 1.54) is 12.8 Å². The van der Waals surface area contributed by atoms with Gasteiger partial charge in [-0.15, -0.1) is 12.4 Å². The fourth-order valence-electron chi connectivity index (χ4n) is 2.55. The molecule has 1 aromatic carbocycles. The lowest BCUT2D eigenvalue weighted by Gasteiger charge is -2.25. The summed E-state index contributed by atoms with van der Waals surface area (Å²) >= 11 is 11.9. The first kappa shape index (κ1) is 16.1. The van der Waals surface area contributed by atoms with Crippen molar-refractivity contribution in [3.05, 3.63) is 33.8 Å². The second-order valence-corrected chi connectivity index (χ2v) is 5.57. The molecule has 0 aliphatic heterocycles. The number of benzene rings is 1. The van der Waals surface area contributed by atoms with Crippen molar-refractivity contribution in [3.63, 3.8) is 0 Å². The third-order valence-electron chi connectivity index (χ3n) is 3.57. The number of aliphatic hydroxyl groups is 1. The van der Waals surface area contributed by atoms with E-state index >= 15 is 0 Å². The van der Waals surface area contributed by atoms with Gasteiger partial charge in [0.2, 0.25) is 0 Å². The fraction of sp³-hybridized carbons (Fsp3) is 0.538. The molecule has 0 heterocycles. The van der Waals surface area contributed by atoms with Crippen molar-refractivity contribution in [1.82, 2.24) is 0 Å². The number of hydrogen-bond donors (Lipinski definition) is 2. The largest absolute Gasteiger partial charge is 0.391 e. The van der Waals surface area contributed by atoms with Gasteiger partial charge < -0.3 is 10.8 Å². The molecule has 3 N–H and O–H groups in total. The van der Waals surface area contributed by atoms with Crippen molar-refractivity contribution < 1.29 is 5.11 Å². The van der Waals surface area contributed by atoms with Gasteiger partial charge in [-0.1, -0.05) is 42.1 Å². The van der Waals surface area contributed by atoms with Gasteiger partial charge in [0.25, 0.3) is 0 Å². The first-order chi connectivity index (χ1) is 8.09. The van der Waals surface area contributed by atoms with Crippen LogP contribution in [0.4, 0.5) is 0 Å². The maximum Gasteiger partial charge on any atom is 0.0761 e. The van der Waals surface area contributed by atoms with Crippen LogP contribution in [0.2, 0.25) is 10.0 Å². The molecule has 1 aromatic rings. The predicted octanol–water partition coefficient (Wildman–Crippen LogP) is 3.97. The number of rotatable bonds is 3. The van der Waals surface area contributed by atoms with Crippen LogP contribution in [0.5, 0.6) is 0 Å². The molecule has 1 fully saturated rings. The molecule has 2 atom stereocenters. The summed E-state index contributed by atoms with van der Waals surface area (Å²) in [6.45, 7) is 0. The summed E-state index contributed by atoms with van der Waals surface area (Å²) in [5, 5.41) is 11.4. The summed E-state index contributed by atoms with van der Waals surface area (Å²) in [4.78, 5) is 0. The third-order valence-corrected chi connectivity index (χ3v) is 4.13. The average Bonchev–Trinajstić information content (AvgIpc) is 2.80. The molecule has 0 amide bonds. The van der Waals surface area contributed by atoms with Crippen molar-refractivity contribution >= 4 is 35.6 Å². The Hall–Kier alpha value is 0.01000. The van der Waals surface area contributed by atoms with Crippen LogP contribution in [0.1, 0.15) is 37.3 Å². The summed E-state index contributed by atoms with van der Waals surface area (Å²) in [6, 6.07) is 4.79. The van der Waals surface area contributed by atoms with E-state index in [4.69, 9.17) is 28.9 Å². The normalized spacial score (nSPS) is 19.3. The zero-order valence-corrected chi connectivity index (χ0v) is 12.3. The van der Waals surface area contributed by atoms with Crippen LogP contribution in [0.25, 0.3) is 0 Å². The van der Waals surface area contributed by atoms with Crippen molar-refractivity contribution in [3.8, 4) is 0 Å². The van der Waals surface area contributed by atoms with Crippen LogP contribution >= 0.6 is 35.6 Å². The summed E-state index contributed by atoms with van der Waals surface area (Å²) in [5.41, 5.74) is 6.87. The maximum atomic E-state index is 10.2. The van der Waals surface area contributed by atoms with Gasteiger partial charge in [-0.2, -0.15) is 0 Å². The molecule has 0 radical (unpaired) electrons. The van der Waals surface area contributed by atoms with Crippen LogP contribution in [0, 0.1) is 5.92 Å². The summed E-state index contributed by atoms with van der Waals surface area (Å²) in [5.74, 6) is 0.303. The highest BCUT2D eigenvalue weighted by Crippen LogP contribution is 2.35. The molecule has 0 saturated heterocycles. The highest BCUT2D eigenvalue weighted by molar-refractivity contribution is 6.35. The molecular formula is C13H18Cl3NO. The summed E-state index contributed by atoms with van der Waals surface area (Å²) in [6.07, 6.45) is 3.96. The van der Waals surface area contributed by atoms with E-state index in [1.54, 1.807) is 18.2 Å². The van der Waals surface area contributed by atoms with E-state index < -0.39 is 12.1 Å². The Morgan fingerprint density at radius 2 is 1.83 bits per heavy atom. The quantitative estimate of drug-likeness (QED) is 0.887. The minimum atomic E-state index is -0.517. The van der Waals surface area contributed by atoms with Gasteiger partial charge in [-0.05, 0) is 36.5 Å².